The van der Waals surface area contributed by atoms with Crippen LogP contribution in [0.25, 0.3) is 32.9 Å². The lowest BCUT2D eigenvalue weighted by Gasteiger charge is -2.44. The van der Waals surface area contributed by atoms with Crippen LogP contribution >= 0.6 is 0 Å². The quantitative estimate of drug-likeness (QED) is 0.0741. The molecule has 2 unspecified atom stereocenters. The zero-order valence-corrected chi connectivity index (χ0v) is 50.1. The van der Waals surface area contributed by atoms with Crippen molar-refractivity contribution < 1.29 is 42.5 Å². The Balaban J connectivity index is 0.631. The number of piperidine rings is 3. The number of benzene rings is 3. The Hall–Kier alpha value is -6.74. The fraction of sp³-hybridized carbons (Fsp3) is 0.585. The van der Waals surface area contributed by atoms with E-state index in [1.165, 1.54) is 12.8 Å². The van der Waals surface area contributed by atoms with Crippen LogP contribution in [0.2, 0.25) is 0 Å². The number of methoxy groups -OCH3 is 1. The maximum Gasteiger partial charge on any atom is 0.410 e. The van der Waals surface area contributed by atoms with Crippen LogP contribution in [0, 0.1) is 17.2 Å². The minimum Gasteiger partial charge on any atom is -0.468 e. The molecule has 13 rings (SSSR count). The highest BCUT2D eigenvalue weighted by Crippen LogP contribution is 2.48. The van der Waals surface area contributed by atoms with E-state index in [9.17, 15) is 19.2 Å². The van der Waals surface area contributed by atoms with Gasteiger partial charge in [0.1, 0.15) is 34.4 Å². The summed E-state index contributed by atoms with van der Waals surface area (Å²) in [6.45, 7) is 20.0. The number of hydrogen-bond donors (Lipinski definition) is 1. The van der Waals surface area contributed by atoms with Crippen LogP contribution in [-0.2, 0) is 32.0 Å². The van der Waals surface area contributed by atoms with Crippen LogP contribution in [0.15, 0.2) is 54.7 Å². The summed E-state index contributed by atoms with van der Waals surface area (Å²) in [6.07, 6.45) is 11.3. The molecule has 4 amide bonds. The lowest BCUT2D eigenvalue weighted by molar-refractivity contribution is -0.136. The first kappa shape index (κ1) is 57.3. The predicted octanol–water partition coefficient (Wildman–Crippen LogP) is 8.04. The molecule has 85 heavy (non-hydrogen) atoms. The topological polar surface area (TPSA) is 179 Å². The Kier molecular flexibility index (Phi) is 15.9. The zero-order chi connectivity index (χ0) is 58.7. The van der Waals surface area contributed by atoms with E-state index >= 15 is 4.39 Å². The first-order valence-electron chi connectivity index (χ1n) is 31.2. The number of fused-ring (bicyclic) bond motifs is 5. The van der Waals surface area contributed by atoms with E-state index in [1.54, 1.807) is 18.2 Å². The summed E-state index contributed by atoms with van der Waals surface area (Å²) in [5.74, 6) is 0.447. The first-order chi connectivity index (χ1) is 41.1. The molecule has 2 aromatic heterocycles. The van der Waals surface area contributed by atoms with Gasteiger partial charge in [-0.25, -0.2) is 9.18 Å². The van der Waals surface area contributed by atoms with Gasteiger partial charge in [-0.3, -0.25) is 34.5 Å². The monoisotopic (exact) mass is 1160 g/mol. The van der Waals surface area contributed by atoms with Crippen molar-refractivity contribution in [3.63, 3.8) is 0 Å². The van der Waals surface area contributed by atoms with Gasteiger partial charge in [0, 0.05) is 107 Å². The van der Waals surface area contributed by atoms with Gasteiger partial charge in [-0.1, -0.05) is 25.1 Å². The Morgan fingerprint density at radius 3 is 2.28 bits per heavy atom. The summed E-state index contributed by atoms with van der Waals surface area (Å²) in [5.41, 5.74) is 4.06. The summed E-state index contributed by atoms with van der Waals surface area (Å²) < 4.78 is 41.5. The Bertz CT molecular complexity index is 3350. The minimum absolute atomic E-state index is 0.0315. The average Bonchev–Trinajstić information content (AvgIpc) is 2.64. The molecule has 3 aromatic carbocycles. The average molecular weight is 1160 g/mol. The number of ether oxygens (including phenoxy) is 4. The number of carbonyl (C=O) groups excluding carboxylic acids is 4. The van der Waals surface area contributed by atoms with Crippen molar-refractivity contribution in [2.24, 2.45) is 11.3 Å². The fourth-order valence-corrected chi connectivity index (χ4v) is 14.8. The number of hydrogen-bond acceptors (Lipinski definition) is 16. The van der Waals surface area contributed by atoms with Gasteiger partial charge in [-0.2, -0.15) is 9.97 Å². The maximum atomic E-state index is 17.8. The molecule has 3 atom stereocenters. The van der Waals surface area contributed by atoms with Crippen LogP contribution < -0.4 is 24.6 Å². The van der Waals surface area contributed by atoms with E-state index in [0.717, 1.165) is 138 Å². The zero-order valence-electron chi connectivity index (χ0n) is 50.1. The number of likely N-dealkylation sites (tertiary alicyclic amines) is 2. The van der Waals surface area contributed by atoms with Crippen LogP contribution in [0.4, 0.5) is 20.7 Å². The number of carbonyl (C=O) groups is 4. The van der Waals surface area contributed by atoms with Gasteiger partial charge in [0.05, 0.1) is 24.1 Å². The van der Waals surface area contributed by atoms with E-state index < -0.39 is 17.5 Å². The van der Waals surface area contributed by atoms with Gasteiger partial charge in [-0.05, 0) is 169 Å². The third-order valence-electron chi connectivity index (χ3n) is 19.6. The van der Waals surface area contributed by atoms with Crippen molar-refractivity contribution in [2.45, 2.75) is 135 Å². The number of halogens is 1. The molecule has 8 aliphatic rings. The normalized spacial score (nSPS) is 23.5. The van der Waals surface area contributed by atoms with Gasteiger partial charge >= 0.3 is 12.1 Å². The summed E-state index contributed by atoms with van der Waals surface area (Å²) in [6, 6.07) is 15.9. The number of pyridine rings is 1. The molecule has 2 bridgehead atoms. The van der Waals surface area contributed by atoms with Gasteiger partial charge in [0.15, 0.2) is 12.6 Å². The van der Waals surface area contributed by atoms with Crippen molar-refractivity contribution in [2.75, 3.05) is 109 Å². The highest BCUT2D eigenvalue weighted by atomic mass is 19.1. The summed E-state index contributed by atoms with van der Waals surface area (Å²) in [7, 11) is 1.57. The second-order valence-corrected chi connectivity index (χ2v) is 26.4. The molecule has 0 radical (unpaired) electrons. The molecule has 6 saturated heterocycles. The number of anilines is 2. The Morgan fingerprint density at radius 2 is 1.58 bits per heavy atom. The van der Waals surface area contributed by atoms with Crippen molar-refractivity contribution in [3.05, 3.63) is 77.2 Å². The molecule has 1 saturated carbocycles. The molecule has 9 heterocycles. The molecule has 1 aliphatic carbocycles. The minimum atomic E-state index is -0.618. The predicted molar refractivity (Wildman–Crippen MR) is 321 cm³/mol. The Labute approximate surface area is 497 Å². The highest BCUT2D eigenvalue weighted by molar-refractivity contribution is 6.06. The van der Waals surface area contributed by atoms with Crippen molar-refractivity contribution >= 4 is 57.0 Å². The van der Waals surface area contributed by atoms with Crippen molar-refractivity contribution in [1.29, 1.82) is 0 Å². The standard InChI is InChI=1S/C65H82FN11O8/c1-6-42-8-7-9-43-31-49(84-40-82-5)32-51(55(42)43)57-56(66)58-52(33-67-57)59(75-36-47-10-11-48(37-75)77(47)63(81)85-64(2,3)4)70-62(69-58)83-39-65(20-21-65)38-72-22-18-45(19-23-72)73-24-16-41(17-25-73)34-71-26-28-74(29-27-71)46-12-13-50-44(30-46)35-76(61(50)80)53-14-15-54(78)68-60(53)79/h7-9,12-13,30-33,41,45,47-48,53H,6,10-11,14-29,34-40H2,1-5H3,(H,68,78,79)/t47?,48?,53-/m0/s1. The SMILES string of the molecule is CCc1cccc2cc(OCOC)cc(-c3ncc4c(N5CC6CCC(C5)N6C(=O)OC(C)(C)C)nc(OCC5(CN6CCC(N7CCC(CN8CCN(c9ccc%10c(c9)CN([C@H]9CCC(=O)NC9=O)C%10=O)CC8)CC7)CC6)CC5)nc4c3F)c12. The number of aryl methyl sites for hydroxylation is 1. The maximum absolute atomic E-state index is 17.8. The van der Waals surface area contributed by atoms with Gasteiger partial charge in [0.2, 0.25) is 11.8 Å². The number of piperazine rings is 2. The van der Waals surface area contributed by atoms with Crippen LogP contribution in [0.3, 0.4) is 0 Å². The summed E-state index contributed by atoms with van der Waals surface area (Å²) >= 11 is 0. The highest BCUT2D eigenvalue weighted by Gasteiger charge is 2.48. The molecule has 0 spiro atoms. The smallest absolute Gasteiger partial charge is 0.410 e. The van der Waals surface area contributed by atoms with Crippen LogP contribution in [0.1, 0.15) is 113 Å². The number of rotatable bonds is 16. The first-order valence-corrected chi connectivity index (χ1v) is 31.2. The molecule has 5 aromatic rings. The number of imide groups is 1. The molecule has 7 fully saturated rings. The van der Waals surface area contributed by atoms with Gasteiger partial charge in [-0.15, -0.1) is 0 Å². The summed E-state index contributed by atoms with van der Waals surface area (Å²) in [4.78, 5) is 82.2. The lowest BCUT2D eigenvalue weighted by atomic mass is 9.92. The van der Waals surface area contributed by atoms with Crippen molar-refractivity contribution in [3.8, 4) is 23.0 Å². The van der Waals surface area contributed by atoms with Crippen LogP contribution in [-0.4, -0.2) is 192 Å². The number of aromatic nitrogens is 3. The molecule has 7 aliphatic heterocycles. The van der Waals surface area contributed by atoms with Gasteiger partial charge < -0.3 is 43.4 Å². The van der Waals surface area contributed by atoms with Crippen LogP contribution in [0.5, 0.6) is 11.8 Å². The molecule has 452 valence electrons. The second kappa shape index (κ2) is 23.5. The van der Waals surface area contributed by atoms with E-state index in [1.807, 2.05) is 62.1 Å². The second-order valence-electron chi connectivity index (χ2n) is 26.4. The van der Waals surface area contributed by atoms with E-state index in [2.05, 4.69) is 48.9 Å². The van der Waals surface area contributed by atoms with E-state index in [4.69, 9.17) is 33.9 Å². The molecule has 20 heteroatoms. The molecule has 19 nitrogen and oxygen atoms in total. The number of nitrogens with zero attached hydrogens (tertiary/aromatic N) is 10. The number of amides is 4. The Morgan fingerprint density at radius 1 is 0.812 bits per heavy atom. The lowest BCUT2D eigenvalue weighted by Crippen LogP contribution is -2.57. The number of nitrogens with one attached hydrogen (secondary N) is 1. The fourth-order valence-electron chi connectivity index (χ4n) is 14.8. The summed E-state index contributed by atoms with van der Waals surface area (Å²) in [5, 5.41) is 4.71. The third kappa shape index (κ3) is 11.8. The third-order valence-corrected chi connectivity index (χ3v) is 19.6. The van der Waals surface area contributed by atoms with E-state index in [0.29, 0.717) is 72.7 Å². The van der Waals surface area contributed by atoms with Crippen molar-refractivity contribution in [1.82, 2.24) is 44.8 Å². The molecular formula is C65H82FN11O8. The van der Waals surface area contributed by atoms with Gasteiger partial charge in [0.25, 0.3) is 5.91 Å². The largest absolute Gasteiger partial charge is 0.468 e. The molecular weight excluding hydrogens is 1080 g/mol. The molecule has 1 N–H and O–H groups in total. The van der Waals surface area contributed by atoms with E-state index in [-0.39, 0.29) is 71.7 Å².